The maximum atomic E-state index is 5.99. The Labute approximate surface area is 109 Å². The smallest absolute Gasteiger partial charge is 0.122 e. The molecule has 0 saturated heterocycles. The highest BCUT2D eigenvalue weighted by Crippen LogP contribution is 2.23. The van der Waals surface area contributed by atoms with Crippen molar-refractivity contribution >= 4 is 11.6 Å². The van der Waals surface area contributed by atoms with Gasteiger partial charge in [0, 0.05) is 10.6 Å². The Morgan fingerprint density at radius 2 is 2.00 bits per heavy atom. The number of hydrogen-bond acceptors (Lipinski definition) is 2. The maximum Gasteiger partial charge on any atom is 0.122 e. The highest BCUT2D eigenvalue weighted by molar-refractivity contribution is 6.30. The zero-order chi connectivity index (χ0) is 12.9. The van der Waals surface area contributed by atoms with Crippen LogP contribution in [0.2, 0.25) is 5.02 Å². The van der Waals surface area contributed by atoms with Crippen molar-refractivity contribution in [3.63, 3.8) is 0 Å². The van der Waals surface area contributed by atoms with Crippen molar-refractivity contribution in [1.82, 2.24) is 5.32 Å². The zero-order valence-electron chi connectivity index (χ0n) is 11.1. The van der Waals surface area contributed by atoms with Crippen molar-refractivity contribution in [2.45, 2.75) is 39.2 Å². The van der Waals surface area contributed by atoms with Crippen LogP contribution in [0.5, 0.6) is 5.75 Å². The summed E-state index contributed by atoms with van der Waals surface area (Å²) in [5.74, 6) is 0.921. The van der Waals surface area contributed by atoms with Crippen molar-refractivity contribution in [2.24, 2.45) is 0 Å². The van der Waals surface area contributed by atoms with Crippen LogP contribution in [-0.4, -0.2) is 19.2 Å². The van der Waals surface area contributed by atoms with Crippen molar-refractivity contribution < 1.29 is 4.74 Å². The van der Waals surface area contributed by atoms with E-state index in [0.717, 1.165) is 30.2 Å². The van der Waals surface area contributed by atoms with E-state index in [0.29, 0.717) is 0 Å². The van der Waals surface area contributed by atoms with Gasteiger partial charge in [-0.15, -0.1) is 0 Å². The standard InChI is InChI=1S/C14H22ClNO/c1-14(2,3)16-9-5-6-11-10-12(15)7-8-13(11)17-4/h7-8,10,16H,5-6,9H2,1-4H3. The largest absolute Gasteiger partial charge is 0.496 e. The summed E-state index contributed by atoms with van der Waals surface area (Å²) in [4.78, 5) is 0. The Hall–Kier alpha value is -0.730. The number of nitrogens with one attached hydrogen (secondary N) is 1. The molecule has 0 spiro atoms. The maximum absolute atomic E-state index is 5.99. The second-order valence-electron chi connectivity index (χ2n) is 5.24. The van der Waals surface area contributed by atoms with Crippen LogP contribution in [-0.2, 0) is 6.42 Å². The molecule has 96 valence electrons. The van der Waals surface area contributed by atoms with Crippen LogP contribution < -0.4 is 10.1 Å². The third-order valence-electron chi connectivity index (χ3n) is 2.52. The van der Waals surface area contributed by atoms with E-state index in [1.165, 1.54) is 5.56 Å². The summed E-state index contributed by atoms with van der Waals surface area (Å²) in [6.07, 6.45) is 2.06. The highest BCUT2D eigenvalue weighted by Gasteiger charge is 2.08. The normalized spacial score (nSPS) is 11.6. The number of ether oxygens (including phenoxy) is 1. The van der Waals surface area contributed by atoms with E-state index in [1.807, 2.05) is 18.2 Å². The van der Waals surface area contributed by atoms with Gasteiger partial charge >= 0.3 is 0 Å². The van der Waals surface area contributed by atoms with Gasteiger partial charge in [0.1, 0.15) is 5.75 Å². The summed E-state index contributed by atoms with van der Waals surface area (Å²) < 4.78 is 5.32. The van der Waals surface area contributed by atoms with Crippen molar-refractivity contribution in [1.29, 1.82) is 0 Å². The Morgan fingerprint density at radius 1 is 1.29 bits per heavy atom. The van der Waals surface area contributed by atoms with Crippen molar-refractivity contribution in [2.75, 3.05) is 13.7 Å². The monoisotopic (exact) mass is 255 g/mol. The minimum Gasteiger partial charge on any atom is -0.496 e. The van der Waals surface area contributed by atoms with Gasteiger partial charge in [0.15, 0.2) is 0 Å². The van der Waals surface area contributed by atoms with Crippen LogP contribution in [0.3, 0.4) is 0 Å². The first kappa shape index (κ1) is 14.3. The topological polar surface area (TPSA) is 21.3 Å². The summed E-state index contributed by atoms with van der Waals surface area (Å²) in [5.41, 5.74) is 1.36. The predicted octanol–water partition coefficient (Wildman–Crippen LogP) is 3.67. The fourth-order valence-electron chi connectivity index (χ4n) is 1.68. The van der Waals surface area contributed by atoms with E-state index in [1.54, 1.807) is 7.11 Å². The van der Waals surface area contributed by atoms with E-state index >= 15 is 0 Å². The molecule has 0 atom stereocenters. The summed E-state index contributed by atoms with van der Waals surface area (Å²) in [6, 6.07) is 5.77. The molecule has 0 radical (unpaired) electrons. The van der Waals surface area contributed by atoms with Gasteiger partial charge in [-0.05, 0) is 63.9 Å². The van der Waals surface area contributed by atoms with Gasteiger partial charge in [0.05, 0.1) is 7.11 Å². The second-order valence-corrected chi connectivity index (χ2v) is 5.67. The molecule has 1 N–H and O–H groups in total. The predicted molar refractivity (Wildman–Crippen MR) is 74.1 cm³/mol. The van der Waals surface area contributed by atoms with E-state index in [9.17, 15) is 0 Å². The van der Waals surface area contributed by atoms with Crippen LogP contribution >= 0.6 is 11.6 Å². The van der Waals surface area contributed by atoms with Crippen LogP contribution in [0.25, 0.3) is 0 Å². The van der Waals surface area contributed by atoms with Crippen LogP contribution in [0.1, 0.15) is 32.8 Å². The average molecular weight is 256 g/mol. The van der Waals surface area contributed by atoms with Gasteiger partial charge in [-0.1, -0.05) is 11.6 Å². The molecule has 0 saturated carbocycles. The van der Waals surface area contributed by atoms with Crippen LogP contribution in [0, 0.1) is 0 Å². The van der Waals surface area contributed by atoms with E-state index < -0.39 is 0 Å². The van der Waals surface area contributed by atoms with Gasteiger partial charge < -0.3 is 10.1 Å². The van der Waals surface area contributed by atoms with Gasteiger partial charge in [-0.25, -0.2) is 0 Å². The van der Waals surface area contributed by atoms with Crippen LogP contribution in [0.15, 0.2) is 18.2 Å². The summed E-state index contributed by atoms with van der Waals surface area (Å²) in [5, 5.41) is 4.24. The molecule has 0 aliphatic carbocycles. The quantitative estimate of drug-likeness (QED) is 0.811. The zero-order valence-corrected chi connectivity index (χ0v) is 11.9. The molecular formula is C14H22ClNO. The summed E-state index contributed by atoms with van der Waals surface area (Å²) in [7, 11) is 1.69. The molecule has 1 rings (SSSR count). The molecule has 0 bridgehead atoms. The van der Waals surface area contributed by atoms with Gasteiger partial charge in [-0.3, -0.25) is 0 Å². The fourth-order valence-corrected chi connectivity index (χ4v) is 1.88. The highest BCUT2D eigenvalue weighted by atomic mass is 35.5. The third kappa shape index (κ3) is 5.42. The Morgan fingerprint density at radius 3 is 2.59 bits per heavy atom. The minimum absolute atomic E-state index is 0.179. The SMILES string of the molecule is COc1ccc(Cl)cc1CCCNC(C)(C)C. The minimum atomic E-state index is 0.179. The van der Waals surface area contributed by atoms with Crippen LogP contribution in [0.4, 0.5) is 0 Å². The van der Waals surface area contributed by atoms with Crippen molar-refractivity contribution in [3.8, 4) is 5.75 Å². The first-order valence-corrected chi connectivity index (χ1v) is 6.37. The lowest BCUT2D eigenvalue weighted by Crippen LogP contribution is -2.36. The lowest BCUT2D eigenvalue weighted by atomic mass is 10.1. The third-order valence-corrected chi connectivity index (χ3v) is 2.76. The van der Waals surface area contributed by atoms with E-state index in [2.05, 4.69) is 26.1 Å². The molecule has 17 heavy (non-hydrogen) atoms. The molecule has 0 unspecified atom stereocenters. The lowest BCUT2D eigenvalue weighted by molar-refractivity contribution is 0.404. The Balaban J connectivity index is 2.48. The molecule has 2 nitrogen and oxygen atoms in total. The Bertz CT molecular complexity index is 358. The average Bonchev–Trinajstić information content (AvgIpc) is 2.23. The molecule has 0 amide bonds. The second kappa shape index (κ2) is 6.27. The number of methoxy groups -OCH3 is 1. The number of halogens is 1. The van der Waals surface area contributed by atoms with Gasteiger partial charge in [-0.2, -0.15) is 0 Å². The molecule has 0 heterocycles. The molecule has 3 heteroatoms. The molecular weight excluding hydrogens is 234 g/mol. The number of rotatable bonds is 5. The lowest BCUT2D eigenvalue weighted by Gasteiger charge is -2.20. The molecule has 0 aliphatic heterocycles. The Kier molecular flexibility index (Phi) is 5.29. The molecule has 1 aromatic carbocycles. The summed E-state index contributed by atoms with van der Waals surface area (Å²) >= 11 is 5.99. The van der Waals surface area contributed by atoms with E-state index in [-0.39, 0.29) is 5.54 Å². The molecule has 0 aliphatic rings. The van der Waals surface area contributed by atoms with Crippen molar-refractivity contribution in [3.05, 3.63) is 28.8 Å². The molecule has 1 aromatic rings. The fraction of sp³-hybridized carbons (Fsp3) is 0.571. The summed E-state index contributed by atoms with van der Waals surface area (Å²) in [6.45, 7) is 7.52. The number of hydrogen-bond donors (Lipinski definition) is 1. The number of benzene rings is 1. The number of aryl methyl sites for hydroxylation is 1. The molecule has 0 fully saturated rings. The molecule has 0 aromatic heterocycles. The first-order valence-electron chi connectivity index (χ1n) is 6.00. The first-order chi connectivity index (χ1) is 7.92. The van der Waals surface area contributed by atoms with Gasteiger partial charge in [0.25, 0.3) is 0 Å². The van der Waals surface area contributed by atoms with E-state index in [4.69, 9.17) is 16.3 Å². The van der Waals surface area contributed by atoms with Gasteiger partial charge in [0.2, 0.25) is 0 Å².